The van der Waals surface area contributed by atoms with Crippen LogP contribution in [0.25, 0.3) is 0 Å². The Balaban J connectivity index is 2.26. The number of hydrogen-bond acceptors (Lipinski definition) is 0. The lowest BCUT2D eigenvalue weighted by Crippen LogP contribution is -1.49. The summed E-state index contributed by atoms with van der Waals surface area (Å²) in [6.07, 6.45) is 2.74. The highest BCUT2D eigenvalue weighted by Crippen LogP contribution is 2.61. The molecule has 1 aliphatic heterocycles. The number of rotatable bonds is 1. The Labute approximate surface area is 40.0 Å². The molecular formula is C5H9P. The molecule has 0 radical (unpaired) electrons. The summed E-state index contributed by atoms with van der Waals surface area (Å²) >= 11 is 0. The smallest absolute Gasteiger partial charge is 0.00373 e. The minimum atomic E-state index is 0.396. The Morgan fingerprint density at radius 2 is 2.50 bits per heavy atom. The third-order valence-corrected chi connectivity index (χ3v) is 3.30. The fourth-order valence-corrected chi connectivity index (χ4v) is 1.86. The van der Waals surface area contributed by atoms with Gasteiger partial charge in [-0.25, -0.2) is 0 Å². The second kappa shape index (κ2) is 1.35. The van der Waals surface area contributed by atoms with Crippen LogP contribution < -0.4 is 0 Å². The molecule has 0 aliphatic carbocycles. The first-order chi connectivity index (χ1) is 2.84. The van der Waals surface area contributed by atoms with Crippen molar-refractivity contribution in [3.8, 4) is 0 Å². The van der Waals surface area contributed by atoms with Crippen molar-refractivity contribution in [2.24, 2.45) is 0 Å². The van der Waals surface area contributed by atoms with E-state index in [1.165, 1.54) is 17.6 Å². The largest absolute Gasteiger partial charge is 0.0950 e. The summed E-state index contributed by atoms with van der Waals surface area (Å²) in [7, 11) is 0.396. The second-order valence-corrected chi connectivity index (χ2v) is 4.24. The quantitative estimate of drug-likeness (QED) is 0.442. The molecule has 1 aliphatic rings. The SMILES string of the molecule is C=C1CP1CC. The molecule has 6 heavy (non-hydrogen) atoms. The molecule has 1 heteroatoms. The summed E-state index contributed by atoms with van der Waals surface area (Å²) in [6.45, 7) is 6.09. The van der Waals surface area contributed by atoms with E-state index in [0.717, 1.165) is 0 Å². The van der Waals surface area contributed by atoms with Gasteiger partial charge < -0.3 is 0 Å². The lowest BCUT2D eigenvalue weighted by atomic mass is 10.8. The highest BCUT2D eigenvalue weighted by Gasteiger charge is 2.23. The van der Waals surface area contributed by atoms with Crippen LogP contribution in [0.3, 0.4) is 0 Å². The topological polar surface area (TPSA) is 0 Å². The molecule has 1 unspecified atom stereocenters. The zero-order chi connectivity index (χ0) is 4.57. The predicted molar refractivity (Wildman–Crippen MR) is 31.5 cm³/mol. The zero-order valence-corrected chi connectivity index (χ0v) is 4.96. The third-order valence-electron chi connectivity index (χ3n) is 1.10. The van der Waals surface area contributed by atoms with E-state index in [0.29, 0.717) is 7.92 Å². The van der Waals surface area contributed by atoms with Gasteiger partial charge in [0.2, 0.25) is 0 Å². The summed E-state index contributed by atoms with van der Waals surface area (Å²) in [4.78, 5) is 0. The van der Waals surface area contributed by atoms with Crippen LogP contribution in [0.5, 0.6) is 0 Å². The van der Waals surface area contributed by atoms with Crippen molar-refractivity contribution in [2.75, 3.05) is 12.3 Å². The van der Waals surface area contributed by atoms with Crippen LogP contribution in [0.15, 0.2) is 11.9 Å². The highest BCUT2D eigenvalue weighted by molar-refractivity contribution is 7.71. The first-order valence-electron chi connectivity index (χ1n) is 2.27. The summed E-state index contributed by atoms with van der Waals surface area (Å²) < 4.78 is 0. The maximum absolute atomic E-state index is 3.85. The normalized spacial score (nSPS) is 30.8. The molecule has 0 aromatic carbocycles. The van der Waals surface area contributed by atoms with Crippen molar-refractivity contribution in [1.82, 2.24) is 0 Å². The van der Waals surface area contributed by atoms with Gasteiger partial charge in [-0.2, -0.15) is 0 Å². The molecule has 34 valence electrons. The van der Waals surface area contributed by atoms with Gasteiger partial charge in [0.25, 0.3) is 0 Å². The van der Waals surface area contributed by atoms with Crippen LogP contribution in [-0.2, 0) is 0 Å². The monoisotopic (exact) mass is 100 g/mol. The van der Waals surface area contributed by atoms with Crippen LogP contribution in [0.1, 0.15) is 6.92 Å². The molecule has 0 amide bonds. The van der Waals surface area contributed by atoms with E-state index in [2.05, 4.69) is 13.5 Å². The molecule has 1 fully saturated rings. The maximum Gasteiger partial charge on any atom is -0.00373 e. The Kier molecular flexibility index (Phi) is 0.972. The van der Waals surface area contributed by atoms with Gasteiger partial charge in [-0.15, -0.1) is 0 Å². The van der Waals surface area contributed by atoms with E-state index in [4.69, 9.17) is 0 Å². The molecule has 0 saturated carbocycles. The van der Waals surface area contributed by atoms with E-state index in [-0.39, 0.29) is 0 Å². The number of hydrogen-bond donors (Lipinski definition) is 0. The molecule has 0 nitrogen and oxygen atoms in total. The lowest BCUT2D eigenvalue weighted by molar-refractivity contribution is 1.52. The predicted octanol–water partition coefficient (Wildman–Crippen LogP) is 2.02. The van der Waals surface area contributed by atoms with E-state index in [9.17, 15) is 0 Å². The van der Waals surface area contributed by atoms with Gasteiger partial charge in [-0.05, 0) is 17.6 Å². The average molecular weight is 100 g/mol. The van der Waals surface area contributed by atoms with Crippen molar-refractivity contribution >= 4 is 7.92 Å². The Bertz CT molecular complexity index is 76.0. The first-order valence-corrected chi connectivity index (χ1v) is 3.98. The van der Waals surface area contributed by atoms with Crippen molar-refractivity contribution in [1.29, 1.82) is 0 Å². The minimum Gasteiger partial charge on any atom is -0.0950 e. The minimum absolute atomic E-state index is 0.396. The van der Waals surface area contributed by atoms with Crippen molar-refractivity contribution in [3.05, 3.63) is 11.9 Å². The van der Waals surface area contributed by atoms with E-state index in [1.54, 1.807) is 0 Å². The van der Waals surface area contributed by atoms with Gasteiger partial charge in [-0.3, -0.25) is 0 Å². The van der Waals surface area contributed by atoms with E-state index < -0.39 is 0 Å². The summed E-state index contributed by atoms with van der Waals surface area (Å²) in [5.74, 6) is 0. The molecule has 0 aromatic heterocycles. The standard InChI is InChI=1S/C5H9P/c1-3-6-4-5(6)2/h2-4H2,1H3. The fourth-order valence-electron chi connectivity index (χ4n) is 0.520. The van der Waals surface area contributed by atoms with Gasteiger partial charge in [0.1, 0.15) is 0 Å². The lowest BCUT2D eigenvalue weighted by Gasteiger charge is -1.75. The molecule has 1 heterocycles. The molecule has 1 atom stereocenters. The Morgan fingerprint density at radius 1 is 2.00 bits per heavy atom. The Hall–Kier alpha value is 0.170. The highest BCUT2D eigenvalue weighted by atomic mass is 31.1. The van der Waals surface area contributed by atoms with Crippen molar-refractivity contribution < 1.29 is 0 Å². The van der Waals surface area contributed by atoms with Gasteiger partial charge in [0, 0.05) is 0 Å². The molecular weight excluding hydrogens is 91.0 g/mol. The van der Waals surface area contributed by atoms with Crippen molar-refractivity contribution in [3.63, 3.8) is 0 Å². The van der Waals surface area contributed by atoms with E-state index >= 15 is 0 Å². The van der Waals surface area contributed by atoms with Gasteiger partial charge in [-0.1, -0.05) is 21.4 Å². The molecule has 0 bridgehead atoms. The van der Waals surface area contributed by atoms with Crippen LogP contribution >= 0.6 is 7.92 Å². The van der Waals surface area contributed by atoms with Crippen molar-refractivity contribution in [2.45, 2.75) is 6.92 Å². The first kappa shape index (κ1) is 4.33. The molecule has 0 N–H and O–H groups in total. The van der Waals surface area contributed by atoms with Crippen LogP contribution in [0, 0.1) is 0 Å². The summed E-state index contributed by atoms with van der Waals surface area (Å²) in [5.41, 5.74) is 0. The zero-order valence-electron chi connectivity index (χ0n) is 4.07. The van der Waals surface area contributed by atoms with Gasteiger partial charge in [0.15, 0.2) is 0 Å². The van der Waals surface area contributed by atoms with Crippen LogP contribution in [0.4, 0.5) is 0 Å². The summed E-state index contributed by atoms with van der Waals surface area (Å²) in [5, 5.41) is 1.52. The van der Waals surface area contributed by atoms with Crippen LogP contribution in [-0.4, -0.2) is 12.3 Å². The average Bonchev–Trinajstić information content (AvgIpc) is 2.19. The molecule has 0 aromatic rings. The summed E-state index contributed by atoms with van der Waals surface area (Å²) in [6, 6.07) is 0. The van der Waals surface area contributed by atoms with Gasteiger partial charge in [0.05, 0.1) is 0 Å². The molecule has 0 spiro atoms. The Morgan fingerprint density at radius 3 is 2.50 bits per heavy atom. The molecule has 1 rings (SSSR count). The van der Waals surface area contributed by atoms with E-state index in [1.807, 2.05) is 0 Å². The van der Waals surface area contributed by atoms with Crippen LogP contribution in [0.2, 0.25) is 0 Å². The maximum atomic E-state index is 3.85. The van der Waals surface area contributed by atoms with Gasteiger partial charge >= 0.3 is 0 Å². The second-order valence-electron chi connectivity index (χ2n) is 1.58. The number of allylic oxidation sites excluding steroid dienone is 1. The fraction of sp³-hybridized carbons (Fsp3) is 0.600. The molecule has 1 saturated heterocycles. The third kappa shape index (κ3) is 0.628.